The van der Waals surface area contributed by atoms with Crippen LogP contribution in [-0.2, 0) is 16.9 Å². The van der Waals surface area contributed by atoms with Gasteiger partial charge in [0.2, 0.25) is 0 Å². The first-order valence-electron chi connectivity index (χ1n) is 11.7. The Balaban J connectivity index is 0.000000532. The second-order valence-electron chi connectivity index (χ2n) is 9.28. The number of carboxylic acid groups (broad SMARTS) is 1. The second-order valence-corrected chi connectivity index (χ2v) is 9.28. The van der Waals surface area contributed by atoms with Crippen molar-refractivity contribution in [1.82, 2.24) is 25.1 Å². The number of hydrogen-bond donors (Lipinski definition) is 4. The van der Waals surface area contributed by atoms with Crippen LogP contribution in [0.25, 0.3) is 22.3 Å². The van der Waals surface area contributed by atoms with Crippen molar-refractivity contribution in [3.05, 3.63) is 71.5 Å². The van der Waals surface area contributed by atoms with Gasteiger partial charge in [0.25, 0.3) is 5.91 Å². The molecule has 0 bridgehead atoms. The van der Waals surface area contributed by atoms with Crippen molar-refractivity contribution in [3.8, 4) is 11.3 Å². The lowest BCUT2D eigenvalue weighted by Crippen LogP contribution is -2.41. The quantitative estimate of drug-likeness (QED) is 0.287. The third-order valence-electron chi connectivity index (χ3n) is 5.77. The molecule has 2 aromatic carbocycles. The number of aliphatic carboxylic acids is 1. The van der Waals surface area contributed by atoms with E-state index in [9.17, 15) is 18.0 Å². The number of hydrogen-bond acceptors (Lipinski definition) is 7. The van der Waals surface area contributed by atoms with Gasteiger partial charge in [0.05, 0.1) is 10.9 Å². The number of anilines is 1. The van der Waals surface area contributed by atoms with Crippen LogP contribution < -0.4 is 16.8 Å². The fourth-order valence-electron chi connectivity index (χ4n) is 3.58. The number of aryl methyl sites for hydroxylation is 1. The topological polar surface area (TPSA) is 162 Å². The van der Waals surface area contributed by atoms with Crippen LogP contribution in [0, 0.1) is 6.92 Å². The van der Waals surface area contributed by atoms with E-state index in [-0.39, 0.29) is 5.91 Å². The van der Waals surface area contributed by atoms with Gasteiger partial charge in [-0.05, 0) is 38.5 Å². The number of carbonyl (C=O) groups is 2. The number of nitrogens with one attached hydrogen (secondary N) is 1. The van der Waals surface area contributed by atoms with Gasteiger partial charge in [0, 0.05) is 24.2 Å². The molecule has 39 heavy (non-hydrogen) atoms. The highest BCUT2D eigenvalue weighted by molar-refractivity contribution is 5.98. The number of amides is 1. The molecule has 4 aromatic rings. The zero-order valence-electron chi connectivity index (χ0n) is 21.5. The van der Waals surface area contributed by atoms with Crippen molar-refractivity contribution in [3.63, 3.8) is 0 Å². The van der Waals surface area contributed by atoms with Crippen LogP contribution in [0.3, 0.4) is 0 Å². The van der Waals surface area contributed by atoms with E-state index in [1.807, 2.05) is 61.9 Å². The highest BCUT2D eigenvalue weighted by Crippen LogP contribution is 2.33. The summed E-state index contributed by atoms with van der Waals surface area (Å²) < 4.78 is 33.5. The van der Waals surface area contributed by atoms with E-state index in [4.69, 9.17) is 26.5 Å². The summed E-state index contributed by atoms with van der Waals surface area (Å²) in [5, 5.41) is 15.7. The van der Waals surface area contributed by atoms with Crippen LogP contribution in [0.5, 0.6) is 0 Å². The van der Waals surface area contributed by atoms with Gasteiger partial charge < -0.3 is 21.9 Å². The van der Waals surface area contributed by atoms with Gasteiger partial charge in [-0.25, -0.2) is 19.4 Å². The number of aromatic nitrogens is 4. The zero-order chi connectivity index (χ0) is 29.0. The van der Waals surface area contributed by atoms with E-state index < -0.39 is 17.7 Å². The fraction of sp³-hybridized carbons (Fsp3) is 0.269. The molecule has 0 aliphatic carbocycles. The third kappa shape index (κ3) is 6.87. The molecule has 0 saturated carbocycles. The SMILES string of the molecule is Cc1ccc(-c2nn(C(C)(C)CNC(=O)c3ccc(CN)cc3)c3ncnc(N)c23)cc1.O=C(O)C(F)(F)F. The molecule has 1 amide bonds. The van der Waals surface area contributed by atoms with Crippen LogP contribution in [-0.4, -0.2) is 49.5 Å². The molecule has 2 aromatic heterocycles. The number of nitrogens with two attached hydrogens (primary N) is 2. The first-order valence-corrected chi connectivity index (χ1v) is 11.7. The Hall–Kier alpha value is -4.52. The Bertz CT molecular complexity index is 1470. The van der Waals surface area contributed by atoms with Crippen LogP contribution in [0.2, 0.25) is 0 Å². The third-order valence-corrected chi connectivity index (χ3v) is 5.77. The van der Waals surface area contributed by atoms with Crippen LogP contribution in [0.4, 0.5) is 19.0 Å². The molecule has 0 unspecified atom stereocenters. The normalized spacial score (nSPS) is 11.6. The number of alkyl halides is 3. The van der Waals surface area contributed by atoms with E-state index in [0.717, 1.165) is 22.4 Å². The van der Waals surface area contributed by atoms with Crippen LogP contribution in [0.15, 0.2) is 54.9 Å². The number of halogens is 3. The molecule has 0 radical (unpaired) electrons. The minimum Gasteiger partial charge on any atom is -0.475 e. The van der Waals surface area contributed by atoms with Gasteiger partial charge in [-0.3, -0.25) is 4.79 Å². The summed E-state index contributed by atoms with van der Waals surface area (Å²) in [6, 6.07) is 15.3. The largest absolute Gasteiger partial charge is 0.490 e. The van der Waals surface area contributed by atoms with E-state index in [2.05, 4.69) is 15.3 Å². The fourth-order valence-corrected chi connectivity index (χ4v) is 3.58. The number of nitrogen functional groups attached to an aromatic ring is 1. The van der Waals surface area contributed by atoms with Gasteiger partial charge in [-0.2, -0.15) is 18.3 Å². The highest BCUT2D eigenvalue weighted by Gasteiger charge is 2.38. The van der Waals surface area contributed by atoms with Crippen molar-refractivity contribution in [2.24, 2.45) is 5.73 Å². The molecule has 0 atom stereocenters. The molecule has 0 spiro atoms. The van der Waals surface area contributed by atoms with E-state index in [0.29, 0.717) is 35.5 Å². The summed E-state index contributed by atoms with van der Waals surface area (Å²) in [7, 11) is 0. The predicted octanol–water partition coefficient (Wildman–Crippen LogP) is 3.64. The number of nitrogens with zero attached hydrogens (tertiary/aromatic N) is 4. The van der Waals surface area contributed by atoms with Gasteiger partial charge >= 0.3 is 12.1 Å². The van der Waals surface area contributed by atoms with Gasteiger partial charge in [-0.1, -0.05) is 42.0 Å². The molecule has 10 nitrogen and oxygen atoms in total. The smallest absolute Gasteiger partial charge is 0.475 e. The predicted molar refractivity (Wildman–Crippen MR) is 140 cm³/mol. The maximum absolute atomic E-state index is 12.7. The Kier molecular flexibility index (Phi) is 8.54. The second kappa shape index (κ2) is 11.5. The first kappa shape index (κ1) is 29.0. The molecular formula is C26H28F3N7O3. The average molecular weight is 544 g/mol. The van der Waals surface area contributed by atoms with Crippen LogP contribution >= 0.6 is 0 Å². The van der Waals surface area contributed by atoms with Crippen molar-refractivity contribution in [2.45, 2.75) is 39.0 Å². The Morgan fingerprint density at radius 3 is 2.15 bits per heavy atom. The standard InChI is InChI=1S/C24H27N7O.C2HF3O2/c1-15-4-8-17(9-5-15)20-19-21(26)28-14-29-22(19)31(30-20)24(2,3)13-27-23(32)18-10-6-16(12-25)7-11-18;3-2(4,5)1(6)7/h4-11,14H,12-13,25H2,1-3H3,(H,27,32)(H2,26,28,29);(H,6,7). The molecule has 0 aliphatic heterocycles. The number of fused-ring (bicyclic) bond motifs is 1. The molecule has 0 fully saturated rings. The summed E-state index contributed by atoms with van der Waals surface area (Å²) in [5.74, 6) is -2.55. The lowest BCUT2D eigenvalue weighted by molar-refractivity contribution is -0.192. The average Bonchev–Trinajstić information content (AvgIpc) is 3.30. The minimum absolute atomic E-state index is 0.161. The first-order chi connectivity index (χ1) is 18.2. The number of carbonyl (C=O) groups excluding carboxylic acids is 1. The lowest BCUT2D eigenvalue weighted by atomic mass is 10.1. The summed E-state index contributed by atoms with van der Waals surface area (Å²) in [6.07, 6.45) is -3.65. The minimum atomic E-state index is -5.08. The summed E-state index contributed by atoms with van der Waals surface area (Å²) in [5.41, 5.74) is 16.3. The zero-order valence-corrected chi connectivity index (χ0v) is 21.5. The molecule has 0 aliphatic rings. The van der Waals surface area contributed by atoms with Gasteiger partial charge in [-0.15, -0.1) is 0 Å². The summed E-state index contributed by atoms with van der Waals surface area (Å²) >= 11 is 0. The highest BCUT2D eigenvalue weighted by atomic mass is 19.4. The molecule has 6 N–H and O–H groups in total. The monoisotopic (exact) mass is 543 g/mol. The van der Waals surface area contributed by atoms with Crippen molar-refractivity contribution >= 4 is 28.7 Å². The van der Waals surface area contributed by atoms with Crippen molar-refractivity contribution in [2.75, 3.05) is 12.3 Å². The lowest BCUT2D eigenvalue weighted by Gasteiger charge is -2.26. The van der Waals surface area contributed by atoms with Gasteiger partial charge in [0.1, 0.15) is 17.8 Å². The summed E-state index contributed by atoms with van der Waals surface area (Å²) in [6.45, 7) is 6.81. The van der Waals surface area contributed by atoms with Gasteiger partial charge in [0.15, 0.2) is 5.65 Å². The van der Waals surface area contributed by atoms with E-state index >= 15 is 0 Å². The maximum atomic E-state index is 12.7. The number of rotatable bonds is 6. The maximum Gasteiger partial charge on any atom is 0.490 e. The number of benzene rings is 2. The van der Waals surface area contributed by atoms with Crippen molar-refractivity contribution < 1.29 is 27.9 Å². The molecule has 206 valence electrons. The van der Waals surface area contributed by atoms with E-state index in [1.165, 1.54) is 6.33 Å². The molecule has 4 rings (SSSR count). The molecule has 0 saturated heterocycles. The Morgan fingerprint density at radius 2 is 1.62 bits per heavy atom. The molecule has 2 heterocycles. The number of carboxylic acids is 1. The summed E-state index contributed by atoms with van der Waals surface area (Å²) in [4.78, 5) is 30.2. The Labute approximate surface area is 221 Å². The van der Waals surface area contributed by atoms with E-state index in [1.54, 1.807) is 12.1 Å². The van der Waals surface area contributed by atoms with Crippen LogP contribution in [0.1, 0.15) is 35.3 Å². The molecule has 13 heteroatoms. The Morgan fingerprint density at radius 1 is 1.03 bits per heavy atom. The van der Waals surface area contributed by atoms with Crippen molar-refractivity contribution in [1.29, 1.82) is 0 Å². The molecular weight excluding hydrogens is 515 g/mol.